The number of ether oxygens (including phenoxy) is 6. The molecule has 3 rings (SSSR count). The van der Waals surface area contributed by atoms with Crippen molar-refractivity contribution < 1.29 is 28.4 Å². The summed E-state index contributed by atoms with van der Waals surface area (Å²) in [6.45, 7) is 9.89. The predicted molar refractivity (Wildman–Crippen MR) is 73.3 cm³/mol. The average Bonchev–Trinajstić information content (AvgIpc) is 2.96. The van der Waals surface area contributed by atoms with Crippen LogP contribution in [0.2, 0.25) is 0 Å². The summed E-state index contributed by atoms with van der Waals surface area (Å²) in [5.41, 5.74) is 0. The molecule has 6 heteroatoms. The molecule has 3 saturated heterocycles. The van der Waals surface area contributed by atoms with Crippen LogP contribution in [0, 0.1) is 0 Å². The van der Waals surface area contributed by atoms with Gasteiger partial charge in [0.05, 0.1) is 12.9 Å². The first-order valence-corrected chi connectivity index (χ1v) is 7.41. The van der Waals surface area contributed by atoms with Gasteiger partial charge in [-0.05, 0) is 34.6 Å². The number of fused-ring (bicyclic) bond motifs is 1. The van der Waals surface area contributed by atoms with Crippen molar-refractivity contribution in [2.45, 2.75) is 76.9 Å². The second-order valence-electron chi connectivity index (χ2n) is 6.51. The highest BCUT2D eigenvalue weighted by molar-refractivity contribution is 4.99. The van der Waals surface area contributed by atoms with Crippen LogP contribution >= 0.6 is 0 Å². The summed E-state index contributed by atoms with van der Waals surface area (Å²) >= 11 is 0. The minimum absolute atomic E-state index is 0.198. The first-order valence-electron chi connectivity index (χ1n) is 7.41. The topological polar surface area (TPSA) is 55.4 Å². The van der Waals surface area contributed by atoms with Gasteiger partial charge in [0.15, 0.2) is 30.1 Å². The zero-order valence-electron chi connectivity index (χ0n) is 13.2. The predicted octanol–water partition coefficient (Wildman–Crippen LogP) is 1.93. The van der Waals surface area contributed by atoms with Crippen LogP contribution in [0.15, 0.2) is 12.3 Å². The highest BCUT2D eigenvalue weighted by Crippen LogP contribution is 2.41. The summed E-state index contributed by atoms with van der Waals surface area (Å²) in [6.07, 6.45) is 2.02. The van der Waals surface area contributed by atoms with E-state index in [-0.39, 0.29) is 24.4 Å². The fourth-order valence-corrected chi connectivity index (χ4v) is 3.00. The molecular formula is C15H24O6. The van der Waals surface area contributed by atoms with Crippen LogP contribution < -0.4 is 0 Å². The SMILES string of the molecule is C/C=C\O[C@@H]1[C@H]([C@@H]2COC(C)(C)O2)O[C@H]2OC(C)(C)O[C@@H]21. The third-order valence-electron chi connectivity index (χ3n) is 3.80. The Bertz CT molecular complexity index is 418. The van der Waals surface area contributed by atoms with Gasteiger partial charge in [-0.3, -0.25) is 0 Å². The lowest BCUT2D eigenvalue weighted by molar-refractivity contribution is -0.232. The van der Waals surface area contributed by atoms with Gasteiger partial charge in [0.2, 0.25) is 0 Å². The van der Waals surface area contributed by atoms with Gasteiger partial charge in [-0.25, -0.2) is 0 Å². The summed E-state index contributed by atoms with van der Waals surface area (Å²) in [5.74, 6) is -1.26. The van der Waals surface area contributed by atoms with Crippen molar-refractivity contribution in [2.24, 2.45) is 0 Å². The van der Waals surface area contributed by atoms with Gasteiger partial charge < -0.3 is 28.4 Å². The molecule has 0 aromatic carbocycles. The van der Waals surface area contributed by atoms with E-state index in [1.165, 1.54) is 0 Å². The van der Waals surface area contributed by atoms with Gasteiger partial charge in [-0.2, -0.15) is 0 Å². The lowest BCUT2D eigenvalue weighted by atomic mass is 10.1. The molecule has 3 aliphatic rings. The van der Waals surface area contributed by atoms with Crippen LogP contribution in [0.1, 0.15) is 34.6 Å². The molecular weight excluding hydrogens is 276 g/mol. The van der Waals surface area contributed by atoms with Crippen molar-refractivity contribution in [3.8, 4) is 0 Å². The molecule has 0 saturated carbocycles. The fraction of sp³-hybridized carbons (Fsp3) is 0.867. The summed E-state index contributed by atoms with van der Waals surface area (Å²) in [6, 6.07) is 0. The van der Waals surface area contributed by atoms with Crippen LogP contribution in [-0.4, -0.2) is 48.9 Å². The first kappa shape index (κ1) is 15.2. The van der Waals surface area contributed by atoms with E-state index in [1.54, 1.807) is 6.26 Å². The molecule has 3 fully saturated rings. The maximum atomic E-state index is 6.00. The molecule has 0 radical (unpaired) electrons. The minimum atomic E-state index is -0.663. The Morgan fingerprint density at radius 1 is 1.00 bits per heavy atom. The number of allylic oxidation sites excluding steroid dienone is 1. The molecule has 120 valence electrons. The lowest BCUT2D eigenvalue weighted by Crippen LogP contribution is -2.43. The Kier molecular flexibility index (Phi) is 3.78. The highest BCUT2D eigenvalue weighted by Gasteiger charge is 2.59. The van der Waals surface area contributed by atoms with Crippen molar-refractivity contribution in [1.29, 1.82) is 0 Å². The van der Waals surface area contributed by atoms with Crippen LogP contribution in [0.25, 0.3) is 0 Å². The van der Waals surface area contributed by atoms with E-state index in [0.29, 0.717) is 6.61 Å². The summed E-state index contributed by atoms with van der Waals surface area (Å²) in [5, 5.41) is 0. The van der Waals surface area contributed by atoms with Gasteiger partial charge in [0.25, 0.3) is 0 Å². The van der Waals surface area contributed by atoms with Crippen LogP contribution in [-0.2, 0) is 28.4 Å². The number of hydrogen-bond donors (Lipinski definition) is 0. The third kappa shape index (κ3) is 2.96. The van der Waals surface area contributed by atoms with Gasteiger partial charge in [0, 0.05) is 0 Å². The quantitative estimate of drug-likeness (QED) is 0.742. The van der Waals surface area contributed by atoms with E-state index in [1.807, 2.05) is 40.7 Å². The zero-order valence-corrected chi connectivity index (χ0v) is 13.2. The summed E-state index contributed by atoms with van der Waals surface area (Å²) in [7, 11) is 0. The molecule has 5 atom stereocenters. The van der Waals surface area contributed by atoms with Crippen LogP contribution in [0.4, 0.5) is 0 Å². The Morgan fingerprint density at radius 2 is 1.76 bits per heavy atom. The molecule has 6 nitrogen and oxygen atoms in total. The van der Waals surface area contributed by atoms with Gasteiger partial charge in [0.1, 0.15) is 12.2 Å². The molecule has 3 heterocycles. The van der Waals surface area contributed by atoms with Gasteiger partial charge >= 0.3 is 0 Å². The van der Waals surface area contributed by atoms with Crippen LogP contribution in [0.3, 0.4) is 0 Å². The largest absolute Gasteiger partial charge is 0.493 e. The molecule has 0 aliphatic carbocycles. The van der Waals surface area contributed by atoms with Crippen molar-refractivity contribution >= 4 is 0 Å². The molecule has 0 aromatic heterocycles. The van der Waals surface area contributed by atoms with E-state index in [0.717, 1.165) is 0 Å². The van der Waals surface area contributed by atoms with Gasteiger partial charge in [-0.1, -0.05) is 6.08 Å². The summed E-state index contributed by atoms with van der Waals surface area (Å²) < 4.78 is 35.0. The van der Waals surface area contributed by atoms with E-state index < -0.39 is 17.9 Å². The Labute approximate surface area is 125 Å². The second-order valence-corrected chi connectivity index (χ2v) is 6.51. The summed E-state index contributed by atoms with van der Waals surface area (Å²) in [4.78, 5) is 0. The van der Waals surface area contributed by atoms with E-state index in [4.69, 9.17) is 28.4 Å². The molecule has 0 N–H and O–H groups in total. The Morgan fingerprint density at radius 3 is 2.38 bits per heavy atom. The molecule has 0 bridgehead atoms. The fourth-order valence-electron chi connectivity index (χ4n) is 3.00. The smallest absolute Gasteiger partial charge is 0.191 e. The maximum Gasteiger partial charge on any atom is 0.191 e. The maximum absolute atomic E-state index is 6.00. The first-order chi connectivity index (χ1) is 9.81. The minimum Gasteiger partial charge on any atom is -0.493 e. The second kappa shape index (κ2) is 5.21. The molecule has 0 unspecified atom stereocenters. The molecule has 3 aliphatic heterocycles. The highest BCUT2D eigenvalue weighted by atomic mass is 16.8. The standard InChI is InChI=1S/C15H24O6/c1-6-7-16-11-10(9-8-17-14(2,3)19-9)18-13-12(11)20-15(4,5)21-13/h6-7,9-13H,8H2,1-5H3/b7-6-/t9-,10-,11+,12+,13-/m0/s1. The zero-order chi connectivity index (χ0) is 15.3. The van der Waals surface area contributed by atoms with Crippen molar-refractivity contribution in [2.75, 3.05) is 6.61 Å². The normalized spacial score (nSPS) is 44.3. The lowest BCUT2D eigenvalue weighted by Gasteiger charge is -2.28. The average molecular weight is 300 g/mol. The Balaban J connectivity index is 1.75. The monoisotopic (exact) mass is 300 g/mol. The van der Waals surface area contributed by atoms with Crippen molar-refractivity contribution in [3.63, 3.8) is 0 Å². The molecule has 21 heavy (non-hydrogen) atoms. The molecule has 0 spiro atoms. The van der Waals surface area contributed by atoms with E-state index >= 15 is 0 Å². The number of rotatable bonds is 3. The Hall–Kier alpha value is -0.660. The van der Waals surface area contributed by atoms with Crippen molar-refractivity contribution in [1.82, 2.24) is 0 Å². The van der Waals surface area contributed by atoms with E-state index in [2.05, 4.69) is 0 Å². The molecule has 0 amide bonds. The van der Waals surface area contributed by atoms with Crippen LogP contribution in [0.5, 0.6) is 0 Å². The number of hydrogen-bond acceptors (Lipinski definition) is 6. The molecule has 0 aromatic rings. The van der Waals surface area contributed by atoms with Gasteiger partial charge in [-0.15, -0.1) is 0 Å². The van der Waals surface area contributed by atoms with E-state index in [9.17, 15) is 0 Å². The third-order valence-corrected chi connectivity index (χ3v) is 3.80. The van der Waals surface area contributed by atoms with Crippen molar-refractivity contribution in [3.05, 3.63) is 12.3 Å².